The van der Waals surface area contributed by atoms with Crippen molar-refractivity contribution in [1.29, 1.82) is 0 Å². The van der Waals surface area contributed by atoms with E-state index in [2.05, 4.69) is 0 Å². The highest BCUT2D eigenvalue weighted by Crippen LogP contribution is 2.33. The van der Waals surface area contributed by atoms with E-state index in [4.69, 9.17) is 0 Å². The second-order valence-corrected chi connectivity index (χ2v) is 5.74. The summed E-state index contributed by atoms with van der Waals surface area (Å²) in [4.78, 5) is 47.3. The third-order valence-electron chi connectivity index (χ3n) is 4.26. The van der Waals surface area contributed by atoms with Crippen LogP contribution in [-0.2, 0) is 9.59 Å². The minimum atomic E-state index is -1.15. The fourth-order valence-electron chi connectivity index (χ4n) is 2.60. The normalized spacial score (nSPS) is 15.7. The highest BCUT2D eigenvalue weighted by atomic mass is 16.2. The topological polar surface area (TPSA) is 68.3 Å². The maximum absolute atomic E-state index is 12.5. The average Bonchev–Trinajstić information content (AvgIpc) is 2.54. The Balaban J connectivity index is 2.24. The Bertz CT molecular complexity index is 734. The molecule has 0 aliphatic heterocycles. The van der Waals surface area contributed by atoms with E-state index in [1.807, 2.05) is 0 Å². The van der Waals surface area contributed by atoms with Crippen LogP contribution in [0.1, 0.15) is 47.9 Å². The third-order valence-corrected chi connectivity index (χ3v) is 4.26. The Morgan fingerprint density at radius 1 is 0.870 bits per heavy atom. The van der Waals surface area contributed by atoms with Crippen LogP contribution >= 0.6 is 0 Å². The van der Waals surface area contributed by atoms with Gasteiger partial charge >= 0.3 is 0 Å². The molecule has 0 saturated heterocycles. The molecule has 0 aromatic heterocycles. The predicted octanol–water partition coefficient (Wildman–Crippen LogP) is 3.12. The van der Waals surface area contributed by atoms with Gasteiger partial charge in [-0.1, -0.05) is 42.5 Å². The van der Waals surface area contributed by atoms with Crippen molar-refractivity contribution in [2.45, 2.75) is 27.2 Å². The van der Waals surface area contributed by atoms with E-state index in [0.29, 0.717) is 16.7 Å². The van der Waals surface area contributed by atoms with Crippen molar-refractivity contribution in [3.8, 4) is 0 Å². The van der Waals surface area contributed by atoms with Crippen molar-refractivity contribution >= 4 is 23.1 Å². The fourth-order valence-corrected chi connectivity index (χ4v) is 2.60. The van der Waals surface area contributed by atoms with E-state index in [1.165, 1.54) is 32.9 Å². The second kappa shape index (κ2) is 6.24. The van der Waals surface area contributed by atoms with E-state index in [1.54, 1.807) is 30.3 Å². The molecule has 118 valence electrons. The van der Waals surface area contributed by atoms with E-state index in [9.17, 15) is 19.2 Å². The van der Waals surface area contributed by atoms with Crippen LogP contribution in [0.25, 0.3) is 0 Å². The van der Waals surface area contributed by atoms with E-state index >= 15 is 0 Å². The average molecular weight is 310 g/mol. The van der Waals surface area contributed by atoms with Gasteiger partial charge in [-0.25, -0.2) is 0 Å². The first kappa shape index (κ1) is 16.7. The lowest BCUT2D eigenvalue weighted by Crippen LogP contribution is -2.35. The van der Waals surface area contributed by atoms with Gasteiger partial charge in [-0.05, 0) is 27.2 Å². The number of rotatable bonds is 5. The second-order valence-electron chi connectivity index (χ2n) is 5.74. The summed E-state index contributed by atoms with van der Waals surface area (Å²) in [6, 6.07) is 6.42. The van der Waals surface area contributed by atoms with Gasteiger partial charge in [-0.15, -0.1) is 0 Å². The van der Waals surface area contributed by atoms with Gasteiger partial charge in [0.15, 0.2) is 11.6 Å². The van der Waals surface area contributed by atoms with Crippen LogP contribution in [0.2, 0.25) is 0 Å². The lowest BCUT2D eigenvalue weighted by atomic mass is 9.73. The number of Topliss-reactive ketones (excluding diaryl/α,β-unsaturated/α-hetero) is 4. The lowest BCUT2D eigenvalue weighted by Gasteiger charge is -2.26. The molecule has 1 aromatic carbocycles. The van der Waals surface area contributed by atoms with Crippen LogP contribution in [-0.4, -0.2) is 23.1 Å². The van der Waals surface area contributed by atoms with Crippen LogP contribution < -0.4 is 0 Å². The van der Waals surface area contributed by atoms with Crippen molar-refractivity contribution in [1.82, 2.24) is 0 Å². The minimum Gasteiger partial charge on any atom is -0.299 e. The van der Waals surface area contributed by atoms with Crippen molar-refractivity contribution in [3.05, 3.63) is 59.2 Å². The minimum absolute atomic E-state index is 0.0616. The van der Waals surface area contributed by atoms with Crippen LogP contribution in [0.3, 0.4) is 0 Å². The summed E-state index contributed by atoms with van der Waals surface area (Å²) in [5.74, 6) is -0.713. The summed E-state index contributed by atoms with van der Waals surface area (Å²) in [7, 11) is 0. The predicted molar refractivity (Wildman–Crippen MR) is 86.4 cm³/mol. The SMILES string of the molecule is CC(=O)c1ccc(C(=O)C2=CCC(C(C)=O)(C(C)=O)C=C2)cc1. The first-order valence-electron chi connectivity index (χ1n) is 7.35. The van der Waals surface area contributed by atoms with Gasteiger partial charge in [-0.3, -0.25) is 19.2 Å². The Morgan fingerprint density at radius 3 is 1.78 bits per heavy atom. The Kier molecular flexibility index (Phi) is 4.55. The number of ketones is 4. The van der Waals surface area contributed by atoms with Gasteiger partial charge < -0.3 is 0 Å². The number of hydrogen-bond donors (Lipinski definition) is 0. The zero-order chi connectivity index (χ0) is 17.2. The summed E-state index contributed by atoms with van der Waals surface area (Å²) in [5, 5.41) is 0. The Hall–Kier alpha value is -2.62. The summed E-state index contributed by atoms with van der Waals surface area (Å²) < 4.78 is 0. The number of hydrogen-bond acceptors (Lipinski definition) is 4. The molecule has 0 bridgehead atoms. The molecule has 0 amide bonds. The van der Waals surface area contributed by atoms with Crippen LogP contribution in [0.5, 0.6) is 0 Å². The Morgan fingerprint density at radius 2 is 1.39 bits per heavy atom. The lowest BCUT2D eigenvalue weighted by molar-refractivity contribution is -0.135. The van der Waals surface area contributed by atoms with Crippen molar-refractivity contribution < 1.29 is 19.2 Å². The van der Waals surface area contributed by atoms with Gasteiger partial charge in [0.1, 0.15) is 17.0 Å². The molecule has 1 aliphatic rings. The number of carbonyl (C=O) groups is 4. The Labute approximate surface area is 134 Å². The summed E-state index contributed by atoms with van der Waals surface area (Å²) in [5.41, 5.74) is 0.298. The highest BCUT2D eigenvalue weighted by Gasteiger charge is 2.38. The molecular weight excluding hydrogens is 292 g/mol. The van der Waals surface area contributed by atoms with E-state index < -0.39 is 5.41 Å². The largest absolute Gasteiger partial charge is 0.299 e. The highest BCUT2D eigenvalue weighted by molar-refractivity contribution is 6.13. The molecule has 1 aromatic rings. The molecular formula is C19H18O4. The third kappa shape index (κ3) is 3.11. The van der Waals surface area contributed by atoms with Crippen LogP contribution in [0.15, 0.2) is 48.1 Å². The molecule has 4 nitrogen and oxygen atoms in total. The fraction of sp³-hybridized carbons (Fsp3) is 0.263. The molecule has 1 aliphatic carbocycles. The van der Waals surface area contributed by atoms with Crippen LogP contribution in [0.4, 0.5) is 0 Å². The monoisotopic (exact) mass is 310 g/mol. The molecule has 0 spiro atoms. The number of benzene rings is 1. The molecule has 0 N–H and O–H groups in total. The maximum atomic E-state index is 12.5. The summed E-state index contributed by atoms with van der Waals surface area (Å²) >= 11 is 0. The van der Waals surface area contributed by atoms with Gasteiger partial charge in [0.05, 0.1) is 0 Å². The molecule has 4 heteroatoms. The molecule has 0 heterocycles. The van der Waals surface area contributed by atoms with Gasteiger partial charge in [0, 0.05) is 16.7 Å². The molecule has 23 heavy (non-hydrogen) atoms. The first-order valence-corrected chi connectivity index (χ1v) is 7.35. The van der Waals surface area contributed by atoms with Crippen molar-refractivity contribution in [3.63, 3.8) is 0 Å². The molecule has 0 atom stereocenters. The zero-order valence-electron chi connectivity index (χ0n) is 13.4. The molecule has 0 fully saturated rings. The van der Waals surface area contributed by atoms with Crippen LogP contribution in [0, 0.1) is 5.41 Å². The van der Waals surface area contributed by atoms with Crippen molar-refractivity contribution in [2.24, 2.45) is 5.41 Å². The molecule has 2 rings (SSSR count). The van der Waals surface area contributed by atoms with Gasteiger partial charge in [-0.2, -0.15) is 0 Å². The smallest absolute Gasteiger partial charge is 0.192 e. The molecule has 0 radical (unpaired) electrons. The number of carbonyl (C=O) groups excluding carboxylic acids is 4. The standard InChI is InChI=1S/C19H18O4/c1-12(20)15-4-6-16(7-5-15)18(23)17-8-10-19(11-9-17,13(2)21)14(3)22/h4-10H,11H2,1-3H3. The van der Waals surface area contributed by atoms with Gasteiger partial charge in [0.25, 0.3) is 0 Å². The van der Waals surface area contributed by atoms with E-state index in [0.717, 1.165) is 0 Å². The molecule has 0 unspecified atom stereocenters. The molecule has 0 saturated carbocycles. The van der Waals surface area contributed by atoms with E-state index in [-0.39, 0.29) is 29.6 Å². The summed E-state index contributed by atoms with van der Waals surface area (Å²) in [6.07, 6.45) is 4.88. The van der Waals surface area contributed by atoms with Crippen molar-refractivity contribution in [2.75, 3.05) is 0 Å². The van der Waals surface area contributed by atoms with Gasteiger partial charge in [0.2, 0.25) is 0 Å². The first-order chi connectivity index (χ1) is 10.8. The zero-order valence-corrected chi connectivity index (χ0v) is 13.4. The maximum Gasteiger partial charge on any atom is 0.192 e. The summed E-state index contributed by atoms with van der Waals surface area (Å²) in [6.45, 7) is 4.23. The quantitative estimate of drug-likeness (QED) is 0.619. The number of allylic oxidation sites excluding steroid dienone is 4.